The molecule has 1 saturated carbocycles. The average molecular weight is 322 g/mol. The number of nitrogens with one attached hydrogen (secondary N) is 2. The molecule has 1 aliphatic rings. The lowest BCUT2D eigenvalue weighted by atomic mass is 10.1. The lowest BCUT2D eigenvalue weighted by Crippen LogP contribution is -2.25. The number of amides is 1. The molecule has 1 aromatic heterocycles. The fraction of sp³-hybridized carbons (Fsp3) is 0.400. The maximum Gasteiger partial charge on any atom is 0.251 e. The van der Waals surface area contributed by atoms with Crippen molar-refractivity contribution in [2.75, 3.05) is 6.54 Å². The number of hydrogen-bond donors (Lipinski definition) is 2. The zero-order chi connectivity index (χ0) is 14.7. The number of nitrogens with zero attached hydrogens (tertiary/aromatic N) is 2. The molecule has 0 unspecified atom stereocenters. The number of aromatic nitrogens is 2. The summed E-state index contributed by atoms with van der Waals surface area (Å²) in [6.45, 7) is 3.40. The zero-order valence-corrected chi connectivity index (χ0v) is 12.9. The van der Waals surface area contributed by atoms with Crippen LogP contribution in [0.4, 0.5) is 0 Å². The van der Waals surface area contributed by atoms with Crippen molar-refractivity contribution in [1.29, 1.82) is 0 Å². The fourth-order valence-corrected chi connectivity index (χ4v) is 1.97. The first-order chi connectivity index (χ1) is 10.3. The molecule has 0 bridgehead atoms. The van der Waals surface area contributed by atoms with Gasteiger partial charge in [-0.25, -0.2) is 0 Å². The van der Waals surface area contributed by atoms with E-state index >= 15 is 0 Å². The van der Waals surface area contributed by atoms with Crippen LogP contribution in [0, 0.1) is 0 Å². The average Bonchev–Trinajstić information content (AvgIpc) is 3.19. The molecule has 23 heavy (non-hydrogen) atoms. The van der Waals surface area contributed by atoms with Crippen LogP contribution in [0.5, 0.6) is 0 Å². The molecule has 0 atom stereocenters. The van der Waals surface area contributed by atoms with Crippen molar-refractivity contribution < 1.29 is 20.3 Å². The van der Waals surface area contributed by atoms with Crippen LogP contribution >= 0.6 is 0 Å². The Morgan fingerprint density at radius 2 is 2.13 bits per heavy atom. The van der Waals surface area contributed by atoms with E-state index in [2.05, 4.69) is 20.8 Å². The van der Waals surface area contributed by atoms with E-state index in [1.54, 1.807) is 12.1 Å². The second-order valence-corrected chi connectivity index (χ2v) is 5.12. The van der Waals surface area contributed by atoms with Crippen molar-refractivity contribution in [2.24, 2.45) is 0 Å². The molecule has 8 nitrogen and oxygen atoms in total. The highest BCUT2D eigenvalue weighted by molar-refractivity contribution is 5.95. The quantitative estimate of drug-likeness (QED) is 0.774. The summed E-state index contributed by atoms with van der Waals surface area (Å²) < 4.78 is 5.17. The second kappa shape index (κ2) is 8.37. The highest BCUT2D eigenvalue weighted by atomic mass is 16.5. The number of carbonyl (C=O) groups is 1. The molecular formula is C15H22N4O4. The topological polar surface area (TPSA) is 143 Å². The van der Waals surface area contributed by atoms with E-state index in [-0.39, 0.29) is 16.9 Å². The molecule has 3 rings (SSSR count). The first-order valence-corrected chi connectivity index (χ1v) is 7.21. The summed E-state index contributed by atoms with van der Waals surface area (Å²) in [7, 11) is 0. The van der Waals surface area contributed by atoms with Crippen molar-refractivity contribution >= 4 is 5.91 Å². The SMILES string of the molecule is CCNCc1nc(-c2cccc(C(=O)NC3CC3)c2)no1.O.O. The maximum absolute atomic E-state index is 12.0. The lowest BCUT2D eigenvalue weighted by Gasteiger charge is -2.03. The van der Waals surface area contributed by atoms with Gasteiger partial charge in [0.05, 0.1) is 6.54 Å². The third-order valence-electron chi connectivity index (χ3n) is 3.29. The zero-order valence-electron chi connectivity index (χ0n) is 12.9. The lowest BCUT2D eigenvalue weighted by molar-refractivity contribution is 0.0951. The van der Waals surface area contributed by atoms with Crippen molar-refractivity contribution in [3.63, 3.8) is 0 Å². The number of benzene rings is 1. The molecule has 1 fully saturated rings. The molecule has 2 aromatic rings. The van der Waals surface area contributed by atoms with Crippen LogP contribution in [0.1, 0.15) is 36.0 Å². The van der Waals surface area contributed by atoms with Gasteiger partial charge in [-0.2, -0.15) is 4.98 Å². The van der Waals surface area contributed by atoms with Gasteiger partial charge in [-0.3, -0.25) is 4.79 Å². The molecule has 1 aromatic carbocycles. The molecule has 0 radical (unpaired) electrons. The van der Waals surface area contributed by atoms with Gasteiger partial charge in [-0.05, 0) is 31.5 Å². The first-order valence-electron chi connectivity index (χ1n) is 7.21. The van der Waals surface area contributed by atoms with E-state index in [1.165, 1.54) is 0 Å². The minimum atomic E-state index is -0.0456. The van der Waals surface area contributed by atoms with Crippen LogP contribution in [0.15, 0.2) is 28.8 Å². The molecule has 1 heterocycles. The predicted octanol–water partition coefficient (Wildman–Crippen LogP) is 0.0889. The summed E-state index contributed by atoms with van der Waals surface area (Å²) in [4.78, 5) is 16.4. The Bertz CT molecular complexity index is 640. The Hall–Kier alpha value is -2.29. The van der Waals surface area contributed by atoms with Gasteiger partial charge >= 0.3 is 0 Å². The van der Waals surface area contributed by atoms with Gasteiger partial charge < -0.3 is 26.1 Å². The minimum absolute atomic E-state index is 0. The summed E-state index contributed by atoms with van der Waals surface area (Å²) in [5.74, 6) is 0.999. The Balaban J connectivity index is 0.00000132. The van der Waals surface area contributed by atoms with Gasteiger partial charge in [0.25, 0.3) is 5.91 Å². The van der Waals surface area contributed by atoms with Gasteiger partial charge in [0, 0.05) is 17.2 Å². The molecule has 8 heteroatoms. The van der Waals surface area contributed by atoms with Crippen LogP contribution in [-0.4, -0.2) is 39.6 Å². The molecule has 1 aliphatic carbocycles. The molecule has 1 amide bonds. The monoisotopic (exact) mass is 322 g/mol. The number of carbonyl (C=O) groups excluding carboxylic acids is 1. The normalized spacial score (nSPS) is 12.9. The molecule has 0 spiro atoms. The van der Waals surface area contributed by atoms with E-state index in [9.17, 15) is 4.79 Å². The largest absolute Gasteiger partial charge is 0.412 e. The number of rotatable bonds is 6. The predicted molar refractivity (Wildman–Crippen MR) is 84.8 cm³/mol. The Labute approximate surface area is 133 Å². The van der Waals surface area contributed by atoms with E-state index in [1.807, 2.05) is 19.1 Å². The van der Waals surface area contributed by atoms with Crippen molar-refractivity contribution in [1.82, 2.24) is 20.8 Å². The Kier molecular flexibility index (Phi) is 6.83. The molecule has 126 valence electrons. The third kappa shape index (κ3) is 4.85. The smallest absolute Gasteiger partial charge is 0.251 e. The van der Waals surface area contributed by atoms with Crippen LogP contribution < -0.4 is 10.6 Å². The van der Waals surface area contributed by atoms with E-state index in [0.717, 1.165) is 24.9 Å². The van der Waals surface area contributed by atoms with Gasteiger partial charge in [0.2, 0.25) is 11.7 Å². The highest BCUT2D eigenvalue weighted by Crippen LogP contribution is 2.21. The van der Waals surface area contributed by atoms with Crippen LogP contribution in [0.25, 0.3) is 11.4 Å². The molecule has 6 N–H and O–H groups in total. The third-order valence-corrected chi connectivity index (χ3v) is 3.29. The first kappa shape index (κ1) is 18.8. The number of hydrogen-bond acceptors (Lipinski definition) is 5. The van der Waals surface area contributed by atoms with Crippen molar-refractivity contribution in [2.45, 2.75) is 32.4 Å². The van der Waals surface area contributed by atoms with Crippen LogP contribution in [0.2, 0.25) is 0 Å². The van der Waals surface area contributed by atoms with Crippen molar-refractivity contribution in [3.05, 3.63) is 35.7 Å². The highest BCUT2D eigenvalue weighted by Gasteiger charge is 2.24. The van der Waals surface area contributed by atoms with Crippen LogP contribution in [-0.2, 0) is 6.54 Å². The van der Waals surface area contributed by atoms with E-state index in [0.29, 0.717) is 29.9 Å². The van der Waals surface area contributed by atoms with Gasteiger partial charge in [0.15, 0.2) is 0 Å². The molecule has 0 saturated heterocycles. The standard InChI is InChI=1S/C15H18N4O2.2H2O/c1-2-16-9-13-18-14(19-21-13)10-4-3-5-11(8-10)15(20)17-12-6-7-12;;/h3-5,8,12,16H,2,6-7,9H2,1H3,(H,17,20);2*1H2. The minimum Gasteiger partial charge on any atom is -0.412 e. The maximum atomic E-state index is 12.0. The Morgan fingerprint density at radius 3 is 2.83 bits per heavy atom. The summed E-state index contributed by atoms with van der Waals surface area (Å²) in [5, 5.41) is 10.1. The molecule has 0 aliphatic heterocycles. The van der Waals surface area contributed by atoms with Gasteiger partial charge in [-0.15, -0.1) is 0 Å². The fourth-order valence-electron chi connectivity index (χ4n) is 1.97. The van der Waals surface area contributed by atoms with Crippen molar-refractivity contribution in [3.8, 4) is 11.4 Å². The summed E-state index contributed by atoms with van der Waals surface area (Å²) in [5.41, 5.74) is 1.40. The summed E-state index contributed by atoms with van der Waals surface area (Å²) in [6.07, 6.45) is 2.15. The van der Waals surface area contributed by atoms with Gasteiger partial charge in [0.1, 0.15) is 0 Å². The van der Waals surface area contributed by atoms with E-state index in [4.69, 9.17) is 4.52 Å². The van der Waals surface area contributed by atoms with E-state index < -0.39 is 0 Å². The summed E-state index contributed by atoms with van der Waals surface area (Å²) >= 11 is 0. The molecular weight excluding hydrogens is 300 g/mol. The second-order valence-electron chi connectivity index (χ2n) is 5.12. The van der Waals surface area contributed by atoms with Crippen LogP contribution in [0.3, 0.4) is 0 Å². The van der Waals surface area contributed by atoms with Gasteiger partial charge in [-0.1, -0.05) is 24.2 Å². The summed E-state index contributed by atoms with van der Waals surface area (Å²) in [6, 6.07) is 7.63. The Morgan fingerprint density at radius 1 is 1.35 bits per heavy atom.